The van der Waals surface area contributed by atoms with Crippen LogP contribution in [0.4, 0.5) is 4.79 Å². The summed E-state index contributed by atoms with van der Waals surface area (Å²) < 4.78 is 7.59. The molecule has 2 heterocycles. The van der Waals surface area contributed by atoms with E-state index in [4.69, 9.17) is 4.74 Å². The van der Waals surface area contributed by atoms with E-state index in [0.29, 0.717) is 12.5 Å². The van der Waals surface area contributed by atoms with Gasteiger partial charge in [-0.1, -0.05) is 30.3 Å². The monoisotopic (exact) mass is 313 g/mol. The van der Waals surface area contributed by atoms with Gasteiger partial charge < -0.3 is 14.2 Å². The summed E-state index contributed by atoms with van der Waals surface area (Å²) in [5, 5.41) is 0. The van der Waals surface area contributed by atoms with Gasteiger partial charge >= 0.3 is 6.09 Å². The van der Waals surface area contributed by atoms with Gasteiger partial charge in [0.25, 0.3) is 0 Å². The van der Waals surface area contributed by atoms with Crippen LogP contribution in [0, 0.1) is 0 Å². The van der Waals surface area contributed by atoms with Crippen LogP contribution in [-0.4, -0.2) is 33.6 Å². The molecule has 0 N–H and O–H groups in total. The summed E-state index contributed by atoms with van der Waals surface area (Å²) in [5.74, 6) is 1.58. The van der Waals surface area contributed by atoms with E-state index in [1.807, 2.05) is 42.7 Å². The molecule has 23 heavy (non-hydrogen) atoms. The molecule has 0 atom stereocenters. The Balaban J connectivity index is 1.49. The first-order valence-electron chi connectivity index (χ1n) is 8.24. The number of hydrogen-bond donors (Lipinski definition) is 0. The van der Waals surface area contributed by atoms with Gasteiger partial charge in [0.05, 0.1) is 0 Å². The Morgan fingerprint density at radius 1 is 1.26 bits per heavy atom. The van der Waals surface area contributed by atoms with Gasteiger partial charge in [-0.05, 0) is 25.3 Å². The lowest BCUT2D eigenvalue weighted by Gasteiger charge is -2.31. The fraction of sp³-hybridized carbons (Fsp3) is 0.444. The number of carbonyl (C=O) groups excluding carboxylic acids is 1. The van der Waals surface area contributed by atoms with Crippen LogP contribution in [0.1, 0.15) is 37.1 Å². The Bertz CT molecular complexity index is 631. The smallest absolute Gasteiger partial charge is 0.410 e. The molecular weight excluding hydrogens is 290 g/mol. The number of aromatic nitrogens is 2. The summed E-state index contributed by atoms with van der Waals surface area (Å²) in [5.41, 5.74) is 1.01. The summed E-state index contributed by atoms with van der Waals surface area (Å²) in [7, 11) is 0. The summed E-state index contributed by atoms with van der Waals surface area (Å²) in [6.07, 6.45) is 5.55. The molecule has 0 unspecified atom stereocenters. The van der Waals surface area contributed by atoms with Gasteiger partial charge in [-0.2, -0.15) is 0 Å². The van der Waals surface area contributed by atoms with Gasteiger partial charge in [0.15, 0.2) is 0 Å². The minimum atomic E-state index is -0.217. The largest absolute Gasteiger partial charge is 0.445 e. The van der Waals surface area contributed by atoms with E-state index in [1.165, 1.54) is 0 Å². The molecule has 5 heteroatoms. The summed E-state index contributed by atoms with van der Waals surface area (Å²) in [4.78, 5) is 18.5. The topological polar surface area (TPSA) is 47.4 Å². The van der Waals surface area contributed by atoms with Gasteiger partial charge in [-0.25, -0.2) is 9.78 Å². The number of carbonyl (C=O) groups is 1. The van der Waals surface area contributed by atoms with E-state index >= 15 is 0 Å². The Morgan fingerprint density at radius 3 is 2.70 bits per heavy atom. The van der Waals surface area contributed by atoms with Gasteiger partial charge in [0.2, 0.25) is 0 Å². The molecule has 3 rings (SSSR count). The van der Waals surface area contributed by atoms with Crippen LogP contribution in [0.3, 0.4) is 0 Å². The first-order chi connectivity index (χ1) is 11.3. The summed E-state index contributed by atoms with van der Waals surface area (Å²) >= 11 is 0. The summed E-state index contributed by atoms with van der Waals surface area (Å²) in [6, 6.07) is 9.78. The SMILES string of the molecule is CCn1ccnc1C1CCN(C(=O)OCc2ccccc2)CC1. The first kappa shape index (κ1) is 15.6. The van der Waals surface area contributed by atoms with Crippen LogP contribution >= 0.6 is 0 Å². The molecule has 1 saturated heterocycles. The molecule has 1 aliphatic heterocycles. The quantitative estimate of drug-likeness (QED) is 0.869. The van der Waals surface area contributed by atoms with E-state index in [2.05, 4.69) is 16.5 Å². The predicted octanol–water partition coefficient (Wildman–Crippen LogP) is 3.42. The molecular formula is C18H23N3O2. The van der Waals surface area contributed by atoms with Crippen LogP contribution < -0.4 is 0 Å². The van der Waals surface area contributed by atoms with Crippen molar-refractivity contribution in [2.24, 2.45) is 0 Å². The van der Waals surface area contributed by atoms with Crippen molar-refractivity contribution in [3.8, 4) is 0 Å². The van der Waals surface area contributed by atoms with Crippen molar-refractivity contribution >= 4 is 6.09 Å². The number of likely N-dealkylation sites (tertiary alicyclic amines) is 1. The number of ether oxygens (including phenoxy) is 1. The van der Waals surface area contributed by atoms with Crippen molar-refractivity contribution < 1.29 is 9.53 Å². The second-order valence-corrected chi connectivity index (χ2v) is 5.87. The maximum atomic E-state index is 12.2. The van der Waals surface area contributed by atoms with Crippen LogP contribution in [0.25, 0.3) is 0 Å². The number of piperidine rings is 1. The van der Waals surface area contributed by atoms with E-state index in [-0.39, 0.29) is 6.09 Å². The Labute approximate surface area is 136 Å². The minimum Gasteiger partial charge on any atom is -0.445 e. The number of benzene rings is 1. The average molecular weight is 313 g/mol. The molecule has 1 aromatic carbocycles. The van der Waals surface area contributed by atoms with Crippen LogP contribution in [0.15, 0.2) is 42.7 Å². The third-order valence-corrected chi connectivity index (χ3v) is 4.41. The molecule has 0 saturated carbocycles. The summed E-state index contributed by atoms with van der Waals surface area (Å²) in [6.45, 7) is 4.86. The van der Waals surface area contributed by atoms with E-state index in [0.717, 1.165) is 43.9 Å². The van der Waals surface area contributed by atoms with Crippen LogP contribution in [0.2, 0.25) is 0 Å². The zero-order valence-corrected chi connectivity index (χ0v) is 13.5. The minimum absolute atomic E-state index is 0.217. The fourth-order valence-electron chi connectivity index (χ4n) is 3.08. The molecule has 0 aliphatic carbocycles. The van der Waals surface area contributed by atoms with Crippen molar-refractivity contribution in [3.05, 3.63) is 54.1 Å². The highest BCUT2D eigenvalue weighted by molar-refractivity contribution is 5.67. The van der Waals surface area contributed by atoms with Gasteiger partial charge in [-0.15, -0.1) is 0 Å². The van der Waals surface area contributed by atoms with Crippen molar-refractivity contribution in [2.75, 3.05) is 13.1 Å². The van der Waals surface area contributed by atoms with Gasteiger partial charge in [0.1, 0.15) is 12.4 Å². The number of aryl methyl sites for hydroxylation is 1. The standard InChI is InChI=1S/C18H23N3O2/c1-2-20-13-10-19-17(20)16-8-11-21(12-9-16)18(22)23-14-15-6-4-3-5-7-15/h3-7,10,13,16H,2,8-9,11-12,14H2,1H3. The molecule has 2 aromatic rings. The highest BCUT2D eigenvalue weighted by Crippen LogP contribution is 2.27. The van der Waals surface area contributed by atoms with Crippen molar-refractivity contribution in [1.29, 1.82) is 0 Å². The number of hydrogen-bond acceptors (Lipinski definition) is 3. The normalized spacial score (nSPS) is 15.6. The number of nitrogens with zero attached hydrogens (tertiary/aromatic N) is 3. The zero-order chi connectivity index (χ0) is 16.1. The van der Waals surface area contributed by atoms with Crippen LogP contribution in [0.5, 0.6) is 0 Å². The molecule has 1 aliphatic rings. The van der Waals surface area contributed by atoms with Gasteiger partial charge in [0, 0.05) is 37.9 Å². The first-order valence-corrected chi connectivity index (χ1v) is 8.24. The van der Waals surface area contributed by atoms with Crippen molar-refractivity contribution in [3.63, 3.8) is 0 Å². The Hall–Kier alpha value is -2.30. The highest BCUT2D eigenvalue weighted by atomic mass is 16.6. The fourth-order valence-corrected chi connectivity index (χ4v) is 3.08. The lowest BCUT2D eigenvalue weighted by atomic mass is 9.96. The van der Waals surface area contributed by atoms with E-state index in [1.54, 1.807) is 4.90 Å². The molecule has 1 aromatic heterocycles. The van der Waals surface area contributed by atoms with Crippen molar-refractivity contribution in [1.82, 2.24) is 14.5 Å². The number of amides is 1. The zero-order valence-electron chi connectivity index (χ0n) is 13.5. The Morgan fingerprint density at radius 2 is 2.00 bits per heavy atom. The molecule has 0 bridgehead atoms. The maximum Gasteiger partial charge on any atom is 0.410 e. The highest BCUT2D eigenvalue weighted by Gasteiger charge is 2.26. The number of rotatable bonds is 4. The molecule has 1 fully saturated rings. The third-order valence-electron chi connectivity index (χ3n) is 4.41. The lowest BCUT2D eigenvalue weighted by molar-refractivity contribution is 0.0864. The third kappa shape index (κ3) is 3.73. The van der Waals surface area contributed by atoms with Crippen LogP contribution in [-0.2, 0) is 17.9 Å². The lowest BCUT2D eigenvalue weighted by Crippen LogP contribution is -2.38. The average Bonchev–Trinajstić information content (AvgIpc) is 3.09. The number of imidazole rings is 1. The second-order valence-electron chi connectivity index (χ2n) is 5.87. The molecule has 0 radical (unpaired) electrons. The van der Waals surface area contributed by atoms with Gasteiger partial charge in [-0.3, -0.25) is 0 Å². The molecule has 5 nitrogen and oxygen atoms in total. The van der Waals surface area contributed by atoms with E-state index in [9.17, 15) is 4.79 Å². The van der Waals surface area contributed by atoms with Crippen molar-refractivity contribution in [2.45, 2.75) is 38.8 Å². The molecule has 0 spiro atoms. The second kappa shape index (κ2) is 7.31. The Kier molecular flexibility index (Phi) is 4.95. The predicted molar refractivity (Wildman–Crippen MR) is 88.1 cm³/mol. The molecule has 122 valence electrons. The van der Waals surface area contributed by atoms with E-state index < -0.39 is 0 Å². The maximum absolute atomic E-state index is 12.2. The molecule has 1 amide bonds.